The SMILES string of the molecule is CNC(=O)[C@]12CCCN(c3ncccn3)[C@H]1CN(Cc1ccc(OC)cc1)C2. The molecular weight excluding hydrogens is 354 g/mol. The molecule has 2 aliphatic rings. The van der Waals surface area contributed by atoms with Gasteiger partial charge >= 0.3 is 0 Å². The van der Waals surface area contributed by atoms with Crippen LogP contribution in [0.1, 0.15) is 18.4 Å². The molecule has 4 rings (SSSR count). The van der Waals surface area contributed by atoms with E-state index in [-0.39, 0.29) is 11.9 Å². The molecule has 1 aromatic heterocycles. The van der Waals surface area contributed by atoms with Crippen LogP contribution in [-0.2, 0) is 11.3 Å². The number of carbonyl (C=O) groups excluding carboxylic acids is 1. The monoisotopic (exact) mass is 381 g/mol. The fraction of sp³-hybridized carbons (Fsp3) is 0.476. The van der Waals surface area contributed by atoms with Gasteiger partial charge in [0.1, 0.15) is 5.75 Å². The average Bonchev–Trinajstić information content (AvgIpc) is 3.13. The zero-order chi connectivity index (χ0) is 19.6. The van der Waals surface area contributed by atoms with Gasteiger partial charge in [0.05, 0.1) is 18.6 Å². The summed E-state index contributed by atoms with van der Waals surface area (Å²) in [4.78, 5) is 26.5. The number of anilines is 1. The summed E-state index contributed by atoms with van der Waals surface area (Å²) in [5.41, 5.74) is 0.785. The van der Waals surface area contributed by atoms with Crippen LogP contribution in [0.15, 0.2) is 42.7 Å². The van der Waals surface area contributed by atoms with Crippen LogP contribution < -0.4 is 15.0 Å². The standard InChI is InChI=1S/C21H27N5O2/c1-22-19(27)21-9-3-12-26(20-23-10-4-11-24-20)18(21)14-25(15-21)13-16-5-7-17(28-2)8-6-16/h4-8,10-11,18H,3,9,12-15H2,1-2H3,(H,22,27)/t18-,21-/m0/s1. The van der Waals surface area contributed by atoms with E-state index < -0.39 is 5.41 Å². The number of amides is 1. The van der Waals surface area contributed by atoms with Gasteiger partial charge in [-0.05, 0) is 36.6 Å². The quantitative estimate of drug-likeness (QED) is 0.850. The molecule has 148 valence electrons. The van der Waals surface area contributed by atoms with Crippen LogP contribution in [0.5, 0.6) is 5.75 Å². The highest BCUT2D eigenvalue weighted by atomic mass is 16.5. The number of ether oxygens (including phenoxy) is 1. The molecule has 0 unspecified atom stereocenters. The minimum absolute atomic E-state index is 0.0712. The van der Waals surface area contributed by atoms with Gasteiger partial charge in [0.15, 0.2) is 0 Å². The van der Waals surface area contributed by atoms with E-state index in [0.717, 1.165) is 44.8 Å². The largest absolute Gasteiger partial charge is 0.497 e. The number of nitrogens with one attached hydrogen (secondary N) is 1. The minimum atomic E-state index is -0.432. The molecule has 0 saturated carbocycles. The van der Waals surface area contributed by atoms with E-state index in [1.165, 1.54) is 5.56 Å². The molecule has 0 radical (unpaired) electrons. The number of hydrogen-bond acceptors (Lipinski definition) is 6. The summed E-state index contributed by atoms with van der Waals surface area (Å²) in [6, 6.07) is 10.0. The van der Waals surface area contributed by atoms with Crippen LogP contribution in [0.25, 0.3) is 0 Å². The zero-order valence-electron chi connectivity index (χ0n) is 16.5. The maximum Gasteiger partial charge on any atom is 0.229 e. The average molecular weight is 381 g/mol. The van der Waals surface area contributed by atoms with Gasteiger partial charge in [-0.2, -0.15) is 0 Å². The van der Waals surface area contributed by atoms with Crippen LogP contribution in [0, 0.1) is 5.41 Å². The molecule has 2 atom stereocenters. The predicted molar refractivity (Wildman–Crippen MR) is 107 cm³/mol. The van der Waals surface area contributed by atoms with Crippen molar-refractivity contribution in [3.8, 4) is 5.75 Å². The molecule has 1 amide bonds. The van der Waals surface area contributed by atoms with E-state index in [9.17, 15) is 4.79 Å². The molecule has 1 aromatic carbocycles. The molecule has 0 bridgehead atoms. The van der Waals surface area contributed by atoms with Crippen molar-refractivity contribution < 1.29 is 9.53 Å². The number of methoxy groups -OCH3 is 1. The summed E-state index contributed by atoms with van der Waals surface area (Å²) in [7, 11) is 3.41. The van der Waals surface area contributed by atoms with Gasteiger partial charge in [0, 0.05) is 45.6 Å². The van der Waals surface area contributed by atoms with E-state index in [4.69, 9.17) is 4.74 Å². The Labute approximate surface area is 165 Å². The lowest BCUT2D eigenvalue weighted by Crippen LogP contribution is -2.58. The Kier molecular flexibility index (Phi) is 5.17. The number of carbonyl (C=O) groups is 1. The molecule has 2 aromatic rings. The molecule has 2 fully saturated rings. The Morgan fingerprint density at radius 2 is 2.04 bits per heavy atom. The normalized spacial score (nSPS) is 24.6. The van der Waals surface area contributed by atoms with Crippen molar-refractivity contribution in [2.45, 2.75) is 25.4 Å². The van der Waals surface area contributed by atoms with Gasteiger partial charge in [-0.15, -0.1) is 0 Å². The molecule has 0 aliphatic carbocycles. The second kappa shape index (κ2) is 7.75. The van der Waals surface area contributed by atoms with Crippen molar-refractivity contribution >= 4 is 11.9 Å². The number of aromatic nitrogens is 2. The molecule has 28 heavy (non-hydrogen) atoms. The fourth-order valence-electron chi connectivity index (χ4n) is 4.73. The first-order valence-corrected chi connectivity index (χ1v) is 9.77. The lowest BCUT2D eigenvalue weighted by molar-refractivity contribution is -0.131. The Morgan fingerprint density at radius 1 is 1.29 bits per heavy atom. The molecular formula is C21H27N5O2. The van der Waals surface area contributed by atoms with Gasteiger partial charge in [-0.1, -0.05) is 12.1 Å². The smallest absolute Gasteiger partial charge is 0.229 e. The van der Waals surface area contributed by atoms with Crippen molar-refractivity contribution in [1.82, 2.24) is 20.2 Å². The van der Waals surface area contributed by atoms with Crippen LogP contribution in [0.4, 0.5) is 5.95 Å². The first-order valence-electron chi connectivity index (χ1n) is 9.77. The van der Waals surface area contributed by atoms with Gasteiger partial charge < -0.3 is 15.0 Å². The lowest BCUT2D eigenvalue weighted by Gasteiger charge is -2.44. The third kappa shape index (κ3) is 3.30. The van der Waals surface area contributed by atoms with Gasteiger partial charge in [-0.25, -0.2) is 9.97 Å². The fourth-order valence-corrected chi connectivity index (χ4v) is 4.73. The Bertz CT molecular complexity index is 813. The summed E-state index contributed by atoms with van der Waals surface area (Å²) in [6.07, 6.45) is 5.38. The summed E-state index contributed by atoms with van der Waals surface area (Å²) in [5.74, 6) is 1.69. The molecule has 0 spiro atoms. The molecule has 7 heteroatoms. The number of hydrogen-bond donors (Lipinski definition) is 1. The Balaban J connectivity index is 1.60. The molecule has 7 nitrogen and oxygen atoms in total. The van der Waals surface area contributed by atoms with Gasteiger partial charge in [0.25, 0.3) is 0 Å². The molecule has 1 N–H and O–H groups in total. The minimum Gasteiger partial charge on any atom is -0.497 e. The van der Waals surface area contributed by atoms with Crippen molar-refractivity contribution in [3.05, 3.63) is 48.3 Å². The highest BCUT2D eigenvalue weighted by Crippen LogP contribution is 2.43. The number of rotatable bonds is 5. The third-order valence-corrected chi connectivity index (χ3v) is 6.03. The first-order chi connectivity index (χ1) is 13.7. The van der Waals surface area contributed by atoms with Crippen molar-refractivity contribution in [2.75, 3.05) is 38.7 Å². The van der Waals surface area contributed by atoms with Gasteiger partial charge in [-0.3, -0.25) is 9.69 Å². The van der Waals surface area contributed by atoms with E-state index in [1.807, 2.05) is 18.2 Å². The molecule has 2 aliphatic heterocycles. The van der Waals surface area contributed by atoms with Crippen molar-refractivity contribution in [2.24, 2.45) is 5.41 Å². The predicted octanol–water partition coefficient (Wildman–Crippen LogP) is 1.70. The highest BCUT2D eigenvalue weighted by molar-refractivity contribution is 5.85. The molecule has 3 heterocycles. The Morgan fingerprint density at radius 3 is 2.71 bits per heavy atom. The number of nitrogens with zero attached hydrogens (tertiary/aromatic N) is 4. The zero-order valence-corrected chi connectivity index (χ0v) is 16.5. The van der Waals surface area contributed by atoms with Crippen LogP contribution in [0.3, 0.4) is 0 Å². The van der Waals surface area contributed by atoms with Crippen molar-refractivity contribution in [3.63, 3.8) is 0 Å². The van der Waals surface area contributed by atoms with Crippen LogP contribution in [0.2, 0.25) is 0 Å². The summed E-state index contributed by atoms with van der Waals surface area (Å²) < 4.78 is 5.25. The third-order valence-electron chi connectivity index (χ3n) is 6.03. The topological polar surface area (TPSA) is 70.6 Å². The maximum atomic E-state index is 13.0. The van der Waals surface area contributed by atoms with E-state index in [1.54, 1.807) is 26.6 Å². The summed E-state index contributed by atoms with van der Waals surface area (Å²) in [5, 5.41) is 2.92. The molecule has 2 saturated heterocycles. The van der Waals surface area contributed by atoms with Crippen LogP contribution in [-0.4, -0.2) is 60.6 Å². The van der Waals surface area contributed by atoms with Gasteiger partial charge in [0.2, 0.25) is 11.9 Å². The summed E-state index contributed by atoms with van der Waals surface area (Å²) in [6.45, 7) is 3.25. The summed E-state index contributed by atoms with van der Waals surface area (Å²) >= 11 is 0. The highest BCUT2D eigenvalue weighted by Gasteiger charge is 2.55. The first kappa shape index (κ1) is 18.7. The number of likely N-dealkylation sites (tertiary alicyclic amines) is 1. The number of benzene rings is 1. The van der Waals surface area contributed by atoms with E-state index >= 15 is 0 Å². The van der Waals surface area contributed by atoms with E-state index in [0.29, 0.717) is 5.95 Å². The van der Waals surface area contributed by atoms with Crippen LogP contribution >= 0.6 is 0 Å². The second-order valence-electron chi connectivity index (χ2n) is 7.61. The lowest BCUT2D eigenvalue weighted by atomic mass is 9.74. The second-order valence-corrected chi connectivity index (χ2v) is 7.61. The van der Waals surface area contributed by atoms with Crippen molar-refractivity contribution in [1.29, 1.82) is 0 Å². The number of fused-ring (bicyclic) bond motifs is 1. The number of piperidine rings is 1. The maximum absolute atomic E-state index is 13.0. The Hall–Kier alpha value is -2.67. The van der Waals surface area contributed by atoms with E-state index in [2.05, 4.69) is 37.2 Å².